The number of benzene rings is 1. The number of aryl methyl sites for hydroxylation is 2. The first-order valence-corrected chi connectivity index (χ1v) is 4.48. The molecular formula is C10H12N4O. The van der Waals surface area contributed by atoms with Gasteiger partial charge in [0.25, 0.3) is 0 Å². The van der Waals surface area contributed by atoms with Gasteiger partial charge in [0.1, 0.15) is 0 Å². The summed E-state index contributed by atoms with van der Waals surface area (Å²) in [6, 6.07) is 3.54. The van der Waals surface area contributed by atoms with Gasteiger partial charge in [-0.2, -0.15) is 0 Å². The Morgan fingerprint density at radius 1 is 1.40 bits per heavy atom. The van der Waals surface area contributed by atoms with E-state index in [9.17, 15) is 4.79 Å². The largest absolute Gasteiger partial charge is 0.326 e. The van der Waals surface area contributed by atoms with Crippen molar-refractivity contribution in [3.8, 4) is 0 Å². The van der Waals surface area contributed by atoms with E-state index in [0.29, 0.717) is 11.4 Å². The zero-order valence-corrected chi connectivity index (χ0v) is 8.90. The molecule has 0 radical (unpaired) electrons. The lowest BCUT2D eigenvalue weighted by atomic mass is 10.1. The highest BCUT2D eigenvalue weighted by molar-refractivity contribution is 5.92. The van der Waals surface area contributed by atoms with Crippen molar-refractivity contribution >= 4 is 17.3 Å². The fourth-order valence-corrected chi connectivity index (χ4v) is 1.22. The van der Waals surface area contributed by atoms with Crippen LogP contribution < -0.4 is 5.32 Å². The molecule has 0 aliphatic carbocycles. The first kappa shape index (κ1) is 11.1. The molecular weight excluding hydrogens is 192 g/mol. The number of hydrogen-bond acceptors (Lipinski definition) is 2. The van der Waals surface area contributed by atoms with Gasteiger partial charge in [-0.1, -0.05) is 5.11 Å². The topological polar surface area (TPSA) is 77.9 Å². The van der Waals surface area contributed by atoms with E-state index in [2.05, 4.69) is 15.3 Å². The number of rotatable bonds is 2. The van der Waals surface area contributed by atoms with Crippen LogP contribution in [0.1, 0.15) is 18.1 Å². The Labute approximate surface area is 87.7 Å². The first-order chi connectivity index (χ1) is 7.04. The molecule has 0 fully saturated rings. The molecule has 0 heterocycles. The van der Waals surface area contributed by atoms with Gasteiger partial charge in [-0.3, -0.25) is 4.79 Å². The lowest BCUT2D eigenvalue weighted by Crippen LogP contribution is -2.06. The zero-order valence-electron chi connectivity index (χ0n) is 8.90. The van der Waals surface area contributed by atoms with E-state index in [1.165, 1.54) is 6.92 Å². The summed E-state index contributed by atoms with van der Waals surface area (Å²) < 4.78 is 0. The molecule has 0 unspecified atom stereocenters. The van der Waals surface area contributed by atoms with Crippen LogP contribution in [0.2, 0.25) is 0 Å². The maximum absolute atomic E-state index is 10.9. The van der Waals surface area contributed by atoms with Crippen LogP contribution in [0.15, 0.2) is 17.2 Å². The first-order valence-electron chi connectivity index (χ1n) is 4.48. The minimum absolute atomic E-state index is 0.187. The smallest absolute Gasteiger partial charge is 0.221 e. The minimum atomic E-state index is -0.187. The van der Waals surface area contributed by atoms with Crippen LogP contribution in [0.4, 0.5) is 11.4 Å². The van der Waals surface area contributed by atoms with E-state index in [0.717, 1.165) is 11.1 Å². The third-order valence-electron chi connectivity index (χ3n) is 2.08. The molecule has 5 heteroatoms. The molecule has 78 valence electrons. The van der Waals surface area contributed by atoms with Crippen molar-refractivity contribution in [3.63, 3.8) is 0 Å². The van der Waals surface area contributed by atoms with Gasteiger partial charge < -0.3 is 5.32 Å². The third kappa shape index (κ3) is 2.72. The predicted octanol–water partition coefficient (Wildman–Crippen LogP) is 3.20. The molecule has 0 aliphatic rings. The molecule has 5 nitrogen and oxygen atoms in total. The monoisotopic (exact) mass is 204 g/mol. The van der Waals surface area contributed by atoms with Crippen molar-refractivity contribution in [1.29, 1.82) is 0 Å². The number of azide groups is 1. The van der Waals surface area contributed by atoms with Gasteiger partial charge in [-0.05, 0) is 42.6 Å². The Morgan fingerprint density at radius 3 is 2.53 bits per heavy atom. The van der Waals surface area contributed by atoms with Crippen molar-refractivity contribution in [2.45, 2.75) is 20.8 Å². The number of nitrogens with one attached hydrogen (secondary N) is 1. The van der Waals surface area contributed by atoms with E-state index in [-0.39, 0.29) is 5.91 Å². The molecule has 1 aromatic rings. The number of carbonyl (C=O) groups excluding carboxylic acids is 1. The molecule has 0 saturated heterocycles. The van der Waals surface area contributed by atoms with Crippen LogP contribution in [0.5, 0.6) is 0 Å². The van der Waals surface area contributed by atoms with Gasteiger partial charge in [0.05, 0.1) is 11.4 Å². The van der Waals surface area contributed by atoms with Gasteiger partial charge >= 0.3 is 0 Å². The average Bonchev–Trinajstić information content (AvgIpc) is 2.13. The molecule has 1 N–H and O–H groups in total. The summed E-state index contributed by atoms with van der Waals surface area (Å²) in [5, 5.41) is 6.15. The van der Waals surface area contributed by atoms with Crippen molar-refractivity contribution < 1.29 is 4.79 Å². The molecule has 1 amide bonds. The number of anilines is 1. The second-order valence-corrected chi connectivity index (χ2v) is 3.32. The highest BCUT2D eigenvalue weighted by Gasteiger charge is 2.04. The highest BCUT2D eigenvalue weighted by Crippen LogP contribution is 2.28. The highest BCUT2D eigenvalue weighted by atomic mass is 16.1. The van der Waals surface area contributed by atoms with E-state index >= 15 is 0 Å². The molecule has 1 rings (SSSR count). The normalized spacial score (nSPS) is 9.27. The molecule has 0 saturated carbocycles. The van der Waals surface area contributed by atoms with E-state index in [1.807, 2.05) is 13.8 Å². The van der Waals surface area contributed by atoms with Gasteiger partial charge in [0.15, 0.2) is 0 Å². The fraction of sp³-hybridized carbons (Fsp3) is 0.300. The molecule has 0 aliphatic heterocycles. The number of amides is 1. The maximum Gasteiger partial charge on any atom is 0.221 e. The van der Waals surface area contributed by atoms with Crippen LogP contribution in [-0.4, -0.2) is 5.91 Å². The Balaban J connectivity index is 3.27. The fourth-order valence-electron chi connectivity index (χ4n) is 1.22. The van der Waals surface area contributed by atoms with E-state index in [1.54, 1.807) is 12.1 Å². The van der Waals surface area contributed by atoms with Crippen molar-refractivity contribution in [3.05, 3.63) is 33.7 Å². The Hall–Kier alpha value is -2.00. The van der Waals surface area contributed by atoms with Crippen LogP contribution in [0, 0.1) is 13.8 Å². The van der Waals surface area contributed by atoms with Crippen LogP contribution >= 0.6 is 0 Å². The van der Waals surface area contributed by atoms with Crippen LogP contribution in [0.3, 0.4) is 0 Å². The van der Waals surface area contributed by atoms with Crippen molar-refractivity contribution in [2.24, 2.45) is 5.11 Å². The quantitative estimate of drug-likeness (QED) is 0.448. The van der Waals surface area contributed by atoms with Gasteiger partial charge in [-0.15, -0.1) is 0 Å². The molecule has 0 aromatic heterocycles. The third-order valence-corrected chi connectivity index (χ3v) is 2.08. The SMILES string of the molecule is CC(=O)Nc1cc(C)c(C)cc1N=[N+]=[N-]. The van der Waals surface area contributed by atoms with E-state index in [4.69, 9.17) is 5.53 Å². The molecule has 0 spiro atoms. The summed E-state index contributed by atoms with van der Waals surface area (Å²) in [4.78, 5) is 13.6. The lowest BCUT2D eigenvalue weighted by molar-refractivity contribution is -0.114. The summed E-state index contributed by atoms with van der Waals surface area (Å²) in [6.07, 6.45) is 0. The standard InChI is InChI=1S/C10H12N4O/c1-6-4-9(12-8(3)15)10(13-14-11)5-7(6)2/h4-5H,1-3H3,(H,12,15). The Kier molecular flexibility index (Phi) is 3.31. The maximum atomic E-state index is 10.9. The second-order valence-electron chi connectivity index (χ2n) is 3.32. The predicted molar refractivity (Wildman–Crippen MR) is 59.0 cm³/mol. The second kappa shape index (κ2) is 4.48. The summed E-state index contributed by atoms with van der Waals surface area (Å²) >= 11 is 0. The number of carbonyl (C=O) groups is 1. The van der Waals surface area contributed by atoms with Gasteiger partial charge in [0, 0.05) is 11.8 Å². The van der Waals surface area contributed by atoms with Crippen molar-refractivity contribution in [2.75, 3.05) is 5.32 Å². The summed E-state index contributed by atoms with van der Waals surface area (Å²) in [5.74, 6) is -0.187. The van der Waals surface area contributed by atoms with Crippen LogP contribution in [0.25, 0.3) is 10.4 Å². The van der Waals surface area contributed by atoms with Crippen LogP contribution in [-0.2, 0) is 4.79 Å². The summed E-state index contributed by atoms with van der Waals surface area (Å²) in [7, 11) is 0. The summed E-state index contributed by atoms with van der Waals surface area (Å²) in [6.45, 7) is 5.26. The zero-order chi connectivity index (χ0) is 11.4. The number of hydrogen-bond donors (Lipinski definition) is 1. The van der Waals surface area contributed by atoms with Crippen molar-refractivity contribution in [1.82, 2.24) is 0 Å². The molecule has 0 bridgehead atoms. The van der Waals surface area contributed by atoms with Gasteiger partial charge in [0.2, 0.25) is 5.91 Å². The summed E-state index contributed by atoms with van der Waals surface area (Å²) in [5.41, 5.74) is 11.4. The van der Waals surface area contributed by atoms with E-state index < -0.39 is 0 Å². The molecule has 0 atom stereocenters. The Morgan fingerprint density at radius 2 is 2.00 bits per heavy atom. The Bertz CT molecular complexity index is 447. The van der Waals surface area contributed by atoms with Gasteiger partial charge in [-0.25, -0.2) is 0 Å². The minimum Gasteiger partial charge on any atom is -0.326 e. The molecule has 15 heavy (non-hydrogen) atoms. The lowest BCUT2D eigenvalue weighted by Gasteiger charge is -2.09. The molecule has 1 aromatic carbocycles. The average molecular weight is 204 g/mol. The number of nitrogens with zero attached hydrogens (tertiary/aromatic N) is 3.